The zero-order valence-corrected chi connectivity index (χ0v) is 7.30. The van der Waals surface area contributed by atoms with Crippen LogP contribution < -0.4 is 5.73 Å². The molecule has 0 aromatic carbocycles. The standard InChI is InChI=1S/C8H14N4/c1-8(4-2-3-5-8)6-10-7(9)12-11-6/h2-5H2,1H3,(H3,9,10,11,12). The second kappa shape index (κ2) is 2.47. The van der Waals surface area contributed by atoms with E-state index in [1.54, 1.807) is 0 Å². The summed E-state index contributed by atoms with van der Waals surface area (Å²) >= 11 is 0. The summed E-state index contributed by atoms with van der Waals surface area (Å²) in [4.78, 5) is 4.18. The number of aromatic amines is 1. The van der Waals surface area contributed by atoms with Gasteiger partial charge in [0.05, 0.1) is 0 Å². The Balaban J connectivity index is 2.28. The van der Waals surface area contributed by atoms with Gasteiger partial charge in [0.2, 0.25) is 5.95 Å². The van der Waals surface area contributed by atoms with Crippen molar-refractivity contribution in [2.45, 2.75) is 38.0 Å². The largest absolute Gasteiger partial charge is 0.367 e. The number of nitrogen functional groups attached to an aromatic ring is 1. The number of hydrogen-bond acceptors (Lipinski definition) is 3. The average molecular weight is 166 g/mol. The molecule has 1 aromatic heterocycles. The van der Waals surface area contributed by atoms with Gasteiger partial charge in [-0.05, 0) is 12.8 Å². The van der Waals surface area contributed by atoms with Crippen molar-refractivity contribution in [1.82, 2.24) is 15.2 Å². The Morgan fingerprint density at radius 2 is 2.08 bits per heavy atom. The van der Waals surface area contributed by atoms with Crippen molar-refractivity contribution in [3.8, 4) is 0 Å². The maximum Gasteiger partial charge on any atom is 0.239 e. The molecule has 0 saturated heterocycles. The first kappa shape index (κ1) is 7.58. The second-order valence-corrected chi connectivity index (χ2v) is 3.81. The molecule has 0 unspecified atom stereocenters. The van der Waals surface area contributed by atoms with Gasteiger partial charge in [-0.2, -0.15) is 4.98 Å². The SMILES string of the molecule is CC1(c2nc(N)n[nH]2)CCCC1. The van der Waals surface area contributed by atoms with Crippen LogP contribution in [0, 0.1) is 0 Å². The fraction of sp³-hybridized carbons (Fsp3) is 0.750. The number of H-pyrrole nitrogens is 1. The zero-order valence-electron chi connectivity index (χ0n) is 7.30. The number of aromatic nitrogens is 3. The minimum atomic E-state index is 0.199. The molecule has 0 aliphatic heterocycles. The Kier molecular flexibility index (Phi) is 1.56. The Morgan fingerprint density at radius 3 is 2.58 bits per heavy atom. The van der Waals surface area contributed by atoms with Crippen molar-refractivity contribution in [3.63, 3.8) is 0 Å². The maximum absolute atomic E-state index is 5.45. The van der Waals surface area contributed by atoms with Gasteiger partial charge in [0.1, 0.15) is 5.82 Å². The van der Waals surface area contributed by atoms with Gasteiger partial charge < -0.3 is 5.73 Å². The summed E-state index contributed by atoms with van der Waals surface area (Å²) in [6.07, 6.45) is 4.97. The maximum atomic E-state index is 5.45. The summed E-state index contributed by atoms with van der Waals surface area (Å²) in [6.45, 7) is 2.22. The fourth-order valence-electron chi connectivity index (χ4n) is 1.94. The van der Waals surface area contributed by atoms with Crippen LogP contribution in [0.1, 0.15) is 38.4 Å². The van der Waals surface area contributed by atoms with Crippen LogP contribution in [0.15, 0.2) is 0 Å². The molecule has 0 spiro atoms. The summed E-state index contributed by atoms with van der Waals surface area (Å²) in [5.74, 6) is 1.32. The molecule has 3 N–H and O–H groups in total. The second-order valence-electron chi connectivity index (χ2n) is 3.81. The minimum absolute atomic E-state index is 0.199. The van der Waals surface area contributed by atoms with Crippen molar-refractivity contribution in [3.05, 3.63) is 5.82 Å². The van der Waals surface area contributed by atoms with E-state index in [0.717, 1.165) is 5.82 Å². The lowest BCUT2D eigenvalue weighted by molar-refractivity contribution is 0.460. The molecule has 66 valence electrons. The van der Waals surface area contributed by atoms with E-state index in [-0.39, 0.29) is 5.41 Å². The Labute approximate surface area is 71.6 Å². The minimum Gasteiger partial charge on any atom is -0.367 e. The van der Waals surface area contributed by atoms with Gasteiger partial charge in [-0.1, -0.05) is 19.8 Å². The number of nitrogens with one attached hydrogen (secondary N) is 1. The van der Waals surface area contributed by atoms with E-state index in [1.807, 2.05) is 0 Å². The number of anilines is 1. The quantitative estimate of drug-likeness (QED) is 0.659. The first-order chi connectivity index (χ1) is 5.71. The third-order valence-corrected chi connectivity index (χ3v) is 2.78. The smallest absolute Gasteiger partial charge is 0.239 e. The van der Waals surface area contributed by atoms with E-state index in [4.69, 9.17) is 5.73 Å². The summed E-state index contributed by atoms with van der Waals surface area (Å²) in [7, 11) is 0. The van der Waals surface area contributed by atoms with Crippen LogP contribution in [0.3, 0.4) is 0 Å². The fourth-order valence-corrected chi connectivity index (χ4v) is 1.94. The van der Waals surface area contributed by atoms with Crippen LogP contribution in [-0.2, 0) is 5.41 Å². The zero-order chi connectivity index (χ0) is 8.60. The predicted molar refractivity (Wildman–Crippen MR) is 46.6 cm³/mol. The Morgan fingerprint density at radius 1 is 1.42 bits per heavy atom. The highest BCUT2D eigenvalue weighted by Gasteiger charge is 2.33. The molecule has 4 nitrogen and oxygen atoms in total. The molecule has 12 heavy (non-hydrogen) atoms. The molecule has 4 heteroatoms. The highest BCUT2D eigenvalue weighted by Crippen LogP contribution is 2.38. The number of rotatable bonds is 1. The topological polar surface area (TPSA) is 67.6 Å². The van der Waals surface area contributed by atoms with E-state index in [0.29, 0.717) is 5.95 Å². The van der Waals surface area contributed by atoms with Crippen molar-refractivity contribution >= 4 is 5.95 Å². The molecule has 1 aliphatic carbocycles. The first-order valence-electron chi connectivity index (χ1n) is 4.39. The van der Waals surface area contributed by atoms with Crippen molar-refractivity contribution in [1.29, 1.82) is 0 Å². The molecular weight excluding hydrogens is 152 g/mol. The number of nitrogens with zero attached hydrogens (tertiary/aromatic N) is 2. The van der Waals surface area contributed by atoms with Crippen molar-refractivity contribution < 1.29 is 0 Å². The molecular formula is C8H14N4. The van der Waals surface area contributed by atoms with Crippen LogP contribution in [0.25, 0.3) is 0 Å². The number of nitrogens with two attached hydrogens (primary N) is 1. The van der Waals surface area contributed by atoms with Crippen LogP contribution in [0.2, 0.25) is 0 Å². The van der Waals surface area contributed by atoms with Gasteiger partial charge in [0.15, 0.2) is 0 Å². The normalized spacial score (nSPS) is 21.4. The molecule has 1 aliphatic rings. The van der Waals surface area contributed by atoms with Gasteiger partial charge in [-0.3, -0.25) is 5.10 Å². The van der Waals surface area contributed by atoms with Gasteiger partial charge in [-0.15, -0.1) is 5.10 Å². The summed E-state index contributed by atoms with van der Waals surface area (Å²) < 4.78 is 0. The molecule has 0 amide bonds. The molecule has 0 atom stereocenters. The summed E-state index contributed by atoms with van der Waals surface area (Å²) in [6, 6.07) is 0. The lowest BCUT2D eigenvalue weighted by Gasteiger charge is -2.18. The Bertz CT molecular complexity index is 272. The van der Waals surface area contributed by atoms with Gasteiger partial charge >= 0.3 is 0 Å². The summed E-state index contributed by atoms with van der Waals surface area (Å²) in [5.41, 5.74) is 5.65. The van der Waals surface area contributed by atoms with Crippen molar-refractivity contribution in [2.75, 3.05) is 5.73 Å². The van der Waals surface area contributed by atoms with Gasteiger partial charge in [0.25, 0.3) is 0 Å². The lowest BCUT2D eigenvalue weighted by Crippen LogP contribution is -2.18. The molecule has 2 rings (SSSR count). The predicted octanol–water partition coefficient (Wildman–Crippen LogP) is 1.22. The number of hydrogen-bond donors (Lipinski definition) is 2. The van der Waals surface area contributed by atoms with E-state index in [1.165, 1.54) is 25.7 Å². The molecule has 0 bridgehead atoms. The van der Waals surface area contributed by atoms with E-state index in [9.17, 15) is 0 Å². The monoisotopic (exact) mass is 166 g/mol. The third-order valence-electron chi connectivity index (χ3n) is 2.78. The van der Waals surface area contributed by atoms with E-state index >= 15 is 0 Å². The van der Waals surface area contributed by atoms with Crippen LogP contribution >= 0.6 is 0 Å². The van der Waals surface area contributed by atoms with E-state index in [2.05, 4.69) is 22.1 Å². The molecule has 1 heterocycles. The Hall–Kier alpha value is -1.06. The molecule has 1 aromatic rings. The van der Waals surface area contributed by atoms with Gasteiger partial charge in [0, 0.05) is 5.41 Å². The molecule has 1 fully saturated rings. The highest BCUT2D eigenvalue weighted by atomic mass is 15.3. The van der Waals surface area contributed by atoms with E-state index < -0.39 is 0 Å². The van der Waals surface area contributed by atoms with Crippen LogP contribution in [-0.4, -0.2) is 15.2 Å². The average Bonchev–Trinajstić information content (AvgIpc) is 2.59. The molecule has 1 saturated carbocycles. The van der Waals surface area contributed by atoms with Crippen molar-refractivity contribution in [2.24, 2.45) is 0 Å². The van der Waals surface area contributed by atoms with Gasteiger partial charge in [-0.25, -0.2) is 0 Å². The molecule has 0 radical (unpaired) electrons. The highest BCUT2D eigenvalue weighted by molar-refractivity contribution is 5.18. The lowest BCUT2D eigenvalue weighted by atomic mass is 9.88. The van der Waals surface area contributed by atoms with Crippen LogP contribution in [0.5, 0.6) is 0 Å². The van der Waals surface area contributed by atoms with Crippen LogP contribution in [0.4, 0.5) is 5.95 Å². The third kappa shape index (κ3) is 1.07. The first-order valence-corrected chi connectivity index (χ1v) is 4.39. The summed E-state index contributed by atoms with van der Waals surface area (Å²) in [5, 5.41) is 6.75.